The molecule has 0 saturated carbocycles. The Bertz CT molecular complexity index is 1070. The molecule has 0 spiro atoms. The largest absolute Gasteiger partial charge is 0.330 e. The summed E-state index contributed by atoms with van der Waals surface area (Å²) in [7, 11) is 0. The molecule has 2 aromatic carbocycles. The van der Waals surface area contributed by atoms with Gasteiger partial charge >= 0.3 is 0 Å². The fourth-order valence-electron chi connectivity index (χ4n) is 3.79. The first kappa shape index (κ1) is 19.1. The predicted octanol–water partition coefficient (Wildman–Crippen LogP) is 4.47. The normalized spacial score (nSPS) is 19.9. The van der Waals surface area contributed by atoms with Gasteiger partial charge in [0.25, 0.3) is 0 Å². The molecule has 1 fully saturated rings. The quantitative estimate of drug-likeness (QED) is 0.683. The number of anilines is 1. The number of fused-ring (bicyclic) bond motifs is 3. The van der Waals surface area contributed by atoms with Crippen LogP contribution in [0.25, 0.3) is 21.0 Å². The Morgan fingerprint density at radius 1 is 1.32 bits per heavy atom. The Labute approximate surface area is 170 Å². The molecule has 1 saturated heterocycles. The third kappa shape index (κ3) is 3.46. The average Bonchev–Trinajstić information content (AvgIpc) is 3.09. The van der Waals surface area contributed by atoms with E-state index in [1.165, 1.54) is 35.2 Å². The summed E-state index contributed by atoms with van der Waals surface area (Å²) in [6, 6.07) is 8.34. The van der Waals surface area contributed by atoms with Gasteiger partial charge in [-0.25, -0.2) is 9.37 Å². The molecule has 4 rings (SSSR count). The highest BCUT2D eigenvalue weighted by atomic mass is 32.2. The summed E-state index contributed by atoms with van der Waals surface area (Å²) < 4.78 is 14.4. The molecule has 1 aromatic heterocycles. The number of hydrogen-bond donors (Lipinski definition) is 1. The van der Waals surface area contributed by atoms with E-state index in [9.17, 15) is 14.0 Å². The van der Waals surface area contributed by atoms with Gasteiger partial charge in [0.05, 0.1) is 21.5 Å². The molecule has 0 bridgehead atoms. The summed E-state index contributed by atoms with van der Waals surface area (Å²) in [5.74, 6) is -0.666. The summed E-state index contributed by atoms with van der Waals surface area (Å²) in [5.41, 5.74) is 0.773. The predicted molar refractivity (Wildman–Crippen MR) is 113 cm³/mol. The number of hydrogen-bond acceptors (Lipinski definition) is 5. The second-order valence-corrected chi connectivity index (χ2v) is 8.83. The molecule has 3 aromatic rings. The van der Waals surface area contributed by atoms with Gasteiger partial charge in [0.1, 0.15) is 5.82 Å². The van der Waals surface area contributed by atoms with Crippen molar-refractivity contribution in [2.45, 2.75) is 25.1 Å². The third-order valence-electron chi connectivity index (χ3n) is 5.11. The van der Waals surface area contributed by atoms with E-state index in [1.807, 2.05) is 18.4 Å². The number of rotatable bonds is 3. The van der Waals surface area contributed by atoms with E-state index in [-0.39, 0.29) is 28.9 Å². The molecule has 8 heteroatoms. The monoisotopic (exact) mass is 417 g/mol. The van der Waals surface area contributed by atoms with Gasteiger partial charge in [-0.05, 0) is 48.7 Å². The summed E-state index contributed by atoms with van der Waals surface area (Å²) in [6.07, 6.45) is 3.48. The molecule has 1 N–H and O–H groups in total. The topological polar surface area (TPSA) is 62.3 Å². The van der Waals surface area contributed by atoms with E-state index in [2.05, 4.69) is 10.3 Å². The van der Waals surface area contributed by atoms with Crippen molar-refractivity contribution < 1.29 is 14.0 Å². The van der Waals surface area contributed by atoms with E-state index in [0.29, 0.717) is 11.7 Å². The van der Waals surface area contributed by atoms with Crippen LogP contribution in [0.15, 0.2) is 30.3 Å². The molecule has 146 valence electrons. The van der Waals surface area contributed by atoms with Crippen LogP contribution >= 0.6 is 23.1 Å². The molecular weight excluding hydrogens is 397 g/mol. The fourth-order valence-corrected chi connectivity index (χ4v) is 5.89. The molecule has 2 unspecified atom stereocenters. The number of likely N-dealkylation sites (tertiary alicyclic amines) is 1. The van der Waals surface area contributed by atoms with Gasteiger partial charge in [-0.3, -0.25) is 9.59 Å². The van der Waals surface area contributed by atoms with Crippen LogP contribution in [0, 0.1) is 11.7 Å². The van der Waals surface area contributed by atoms with Crippen molar-refractivity contribution in [3.05, 3.63) is 36.1 Å². The number of aromatic nitrogens is 1. The number of piperidine rings is 1. The number of benzene rings is 2. The zero-order valence-corrected chi connectivity index (χ0v) is 17.2. The molecule has 0 radical (unpaired) electrons. The average molecular weight is 418 g/mol. The van der Waals surface area contributed by atoms with E-state index in [1.54, 1.807) is 17.9 Å². The Hall–Kier alpha value is -2.19. The molecule has 2 amide bonds. The van der Waals surface area contributed by atoms with E-state index >= 15 is 0 Å². The van der Waals surface area contributed by atoms with Crippen molar-refractivity contribution in [2.24, 2.45) is 5.92 Å². The minimum atomic E-state index is -0.277. The lowest BCUT2D eigenvalue weighted by atomic mass is 9.96. The van der Waals surface area contributed by atoms with Gasteiger partial charge in [0.2, 0.25) is 11.8 Å². The van der Waals surface area contributed by atoms with Crippen molar-refractivity contribution >= 4 is 61.0 Å². The summed E-state index contributed by atoms with van der Waals surface area (Å²) in [4.78, 5) is 31.2. The summed E-state index contributed by atoms with van der Waals surface area (Å²) >= 11 is 2.92. The van der Waals surface area contributed by atoms with Crippen molar-refractivity contribution in [3.63, 3.8) is 0 Å². The molecule has 2 heterocycles. The van der Waals surface area contributed by atoms with Crippen molar-refractivity contribution in [3.8, 4) is 0 Å². The Kier molecular flexibility index (Phi) is 5.25. The minimum Gasteiger partial charge on any atom is -0.330 e. The first-order valence-electron chi connectivity index (χ1n) is 9.07. The maximum absolute atomic E-state index is 13.5. The third-order valence-corrected chi connectivity index (χ3v) is 7.20. The molecule has 28 heavy (non-hydrogen) atoms. The maximum Gasteiger partial charge on any atom is 0.232 e. The van der Waals surface area contributed by atoms with E-state index in [4.69, 9.17) is 0 Å². The van der Waals surface area contributed by atoms with Crippen molar-refractivity contribution in [2.75, 3.05) is 18.1 Å². The second-order valence-electron chi connectivity index (χ2n) is 6.87. The number of halogens is 1. The summed E-state index contributed by atoms with van der Waals surface area (Å²) in [5, 5.41) is 5.03. The number of carbonyl (C=O) groups is 2. The second kappa shape index (κ2) is 7.67. The van der Waals surface area contributed by atoms with E-state index < -0.39 is 0 Å². The highest BCUT2D eigenvalue weighted by Gasteiger charge is 2.37. The van der Waals surface area contributed by atoms with Crippen LogP contribution in [-0.4, -0.2) is 39.9 Å². The number of nitrogens with one attached hydrogen (secondary N) is 1. The van der Waals surface area contributed by atoms with E-state index in [0.717, 1.165) is 33.8 Å². The smallest absolute Gasteiger partial charge is 0.232 e. The van der Waals surface area contributed by atoms with Crippen LogP contribution in [-0.2, 0) is 9.59 Å². The zero-order chi connectivity index (χ0) is 19.8. The maximum atomic E-state index is 13.5. The molecule has 2 atom stereocenters. The van der Waals surface area contributed by atoms with Gasteiger partial charge in [-0.2, -0.15) is 0 Å². The number of thiazole rings is 1. The lowest BCUT2D eigenvalue weighted by molar-refractivity contribution is -0.133. The lowest BCUT2D eigenvalue weighted by Crippen LogP contribution is -2.49. The highest BCUT2D eigenvalue weighted by molar-refractivity contribution is 7.99. The summed E-state index contributed by atoms with van der Waals surface area (Å²) in [6.45, 7) is 2.24. The van der Waals surface area contributed by atoms with Gasteiger partial charge in [-0.15, -0.1) is 11.8 Å². The number of carbonyl (C=O) groups excluding carboxylic acids is 2. The van der Waals surface area contributed by atoms with Crippen LogP contribution in [0.1, 0.15) is 19.8 Å². The Morgan fingerprint density at radius 2 is 2.14 bits per heavy atom. The fraction of sp³-hybridized carbons (Fsp3) is 0.350. The molecule has 0 aliphatic carbocycles. The minimum absolute atomic E-state index is 0.00413. The van der Waals surface area contributed by atoms with Gasteiger partial charge in [-0.1, -0.05) is 17.4 Å². The molecule has 1 aliphatic heterocycles. The van der Waals surface area contributed by atoms with Crippen LogP contribution in [0.5, 0.6) is 0 Å². The molecule has 5 nitrogen and oxygen atoms in total. The van der Waals surface area contributed by atoms with Crippen LogP contribution in [0.4, 0.5) is 9.52 Å². The Morgan fingerprint density at radius 3 is 2.89 bits per heavy atom. The van der Waals surface area contributed by atoms with Crippen molar-refractivity contribution in [1.29, 1.82) is 0 Å². The molecule has 1 aliphatic rings. The number of thioether (sulfide) groups is 1. The first-order valence-corrected chi connectivity index (χ1v) is 11.2. The van der Waals surface area contributed by atoms with Gasteiger partial charge in [0, 0.05) is 18.9 Å². The zero-order valence-electron chi connectivity index (χ0n) is 15.6. The standard InChI is InChI=1S/C20H20FN3O2S2/c1-11(25)24-9-3-4-15(19(24)27-2)18(26)23-20-22-16-8-5-12-10-13(21)6-7-14(12)17(16)28-20/h5-8,10,15,19H,3-4,9H2,1-2H3,(H,22,23,26). The highest BCUT2D eigenvalue weighted by Crippen LogP contribution is 2.35. The van der Waals surface area contributed by atoms with Crippen LogP contribution in [0.2, 0.25) is 0 Å². The SMILES string of the molecule is CSC1C(C(=O)Nc2nc3ccc4cc(F)ccc4c3s2)CCCN1C(C)=O. The number of nitrogens with zero attached hydrogens (tertiary/aromatic N) is 2. The first-order chi connectivity index (χ1) is 13.5. The van der Waals surface area contributed by atoms with Crippen LogP contribution in [0.3, 0.4) is 0 Å². The van der Waals surface area contributed by atoms with Crippen molar-refractivity contribution in [1.82, 2.24) is 9.88 Å². The Balaban J connectivity index is 1.61. The van der Waals surface area contributed by atoms with Gasteiger partial charge < -0.3 is 10.2 Å². The molecular formula is C20H20FN3O2S2. The van der Waals surface area contributed by atoms with Crippen LogP contribution < -0.4 is 5.32 Å². The number of amides is 2. The van der Waals surface area contributed by atoms with Gasteiger partial charge in [0.15, 0.2) is 5.13 Å². The lowest BCUT2D eigenvalue weighted by Gasteiger charge is -2.38.